The highest BCUT2D eigenvalue weighted by atomic mass is 35.5. The molecule has 36 heavy (non-hydrogen) atoms. The van der Waals surface area contributed by atoms with E-state index >= 15 is 0 Å². The lowest BCUT2D eigenvalue weighted by Gasteiger charge is -2.21. The van der Waals surface area contributed by atoms with Crippen LogP contribution in [-0.4, -0.2) is 34.0 Å². The molecule has 11 heteroatoms. The van der Waals surface area contributed by atoms with E-state index in [1.807, 2.05) is 13.8 Å². The molecule has 1 unspecified atom stereocenters. The Kier molecular flexibility index (Phi) is 8.41. The molecule has 0 saturated heterocycles. The monoisotopic (exact) mass is 517 g/mol. The summed E-state index contributed by atoms with van der Waals surface area (Å²) in [5.74, 6) is -3.07. The molecule has 8 nitrogen and oxygen atoms in total. The summed E-state index contributed by atoms with van der Waals surface area (Å²) in [5.41, 5.74) is 1.29. The van der Waals surface area contributed by atoms with Crippen molar-refractivity contribution in [2.24, 2.45) is 7.05 Å². The summed E-state index contributed by atoms with van der Waals surface area (Å²) in [5, 5.41) is 12.1. The molecule has 3 aromatic rings. The van der Waals surface area contributed by atoms with E-state index in [0.29, 0.717) is 16.8 Å². The standard InChI is InChI=1S/C25H26ClF2N5O3/c1-13(2)23-20(11-30-33(23)4)25(36)32-22(15-7-16(26)9-17(27)8-15)12-29-24(35)19-6-5-18(10-21(19)28)31-14(3)34/h5-11,13,22H,12H2,1-4H3,(H,29,35)(H,31,34)(H,32,36). The van der Waals surface area contributed by atoms with Crippen molar-refractivity contribution in [1.82, 2.24) is 20.4 Å². The van der Waals surface area contributed by atoms with Crippen molar-refractivity contribution >= 4 is 35.0 Å². The quantitative estimate of drug-likeness (QED) is 0.413. The Bertz CT molecular complexity index is 1290. The van der Waals surface area contributed by atoms with Crippen LogP contribution in [0.1, 0.15) is 64.7 Å². The van der Waals surface area contributed by atoms with Gasteiger partial charge in [-0.15, -0.1) is 0 Å². The first kappa shape index (κ1) is 26.8. The van der Waals surface area contributed by atoms with Crippen LogP contribution in [0, 0.1) is 11.6 Å². The van der Waals surface area contributed by atoms with Gasteiger partial charge in [-0.2, -0.15) is 5.10 Å². The summed E-state index contributed by atoms with van der Waals surface area (Å²) in [4.78, 5) is 37.0. The van der Waals surface area contributed by atoms with Gasteiger partial charge < -0.3 is 16.0 Å². The van der Waals surface area contributed by atoms with Crippen LogP contribution < -0.4 is 16.0 Å². The van der Waals surface area contributed by atoms with Crippen LogP contribution in [0.3, 0.4) is 0 Å². The van der Waals surface area contributed by atoms with Crippen molar-refractivity contribution in [2.45, 2.75) is 32.7 Å². The number of rotatable bonds is 8. The van der Waals surface area contributed by atoms with Gasteiger partial charge >= 0.3 is 0 Å². The van der Waals surface area contributed by atoms with Gasteiger partial charge in [-0.1, -0.05) is 25.4 Å². The van der Waals surface area contributed by atoms with Crippen molar-refractivity contribution in [2.75, 3.05) is 11.9 Å². The summed E-state index contributed by atoms with van der Waals surface area (Å²) in [6.07, 6.45) is 1.44. The number of aromatic nitrogens is 2. The van der Waals surface area contributed by atoms with Crippen LogP contribution in [-0.2, 0) is 11.8 Å². The van der Waals surface area contributed by atoms with E-state index in [2.05, 4.69) is 21.0 Å². The number of benzene rings is 2. The average molecular weight is 518 g/mol. The number of nitrogens with zero attached hydrogens (tertiary/aromatic N) is 2. The van der Waals surface area contributed by atoms with Crippen molar-refractivity contribution in [3.63, 3.8) is 0 Å². The summed E-state index contributed by atoms with van der Waals surface area (Å²) in [6, 6.07) is 6.53. The molecular formula is C25H26ClF2N5O3. The number of hydrogen-bond acceptors (Lipinski definition) is 4. The van der Waals surface area contributed by atoms with E-state index in [4.69, 9.17) is 11.6 Å². The Morgan fingerprint density at radius 3 is 2.39 bits per heavy atom. The van der Waals surface area contributed by atoms with E-state index in [1.54, 1.807) is 11.7 Å². The molecule has 0 spiro atoms. The molecule has 0 bridgehead atoms. The molecule has 1 heterocycles. The maximum Gasteiger partial charge on any atom is 0.255 e. The lowest BCUT2D eigenvalue weighted by molar-refractivity contribution is -0.114. The van der Waals surface area contributed by atoms with Crippen molar-refractivity contribution in [3.05, 3.63) is 81.6 Å². The number of hydrogen-bond donors (Lipinski definition) is 3. The third-order valence-electron chi connectivity index (χ3n) is 5.37. The number of nitrogens with one attached hydrogen (secondary N) is 3. The molecular weight excluding hydrogens is 492 g/mol. The highest BCUT2D eigenvalue weighted by molar-refractivity contribution is 6.30. The molecule has 3 amide bonds. The topological polar surface area (TPSA) is 105 Å². The number of amides is 3. The van der Waals surface area contributed by atoms with Crippen molar-refractivity contribution < 1.29 is 23.2 Å². The maximum absolute atomic E-state index is 14.5. The van der Waals surface area contributed by atoms with Gasteiger partial charge in [0, 0.05) is 31.2 Å². The third kappa shape index (κ3) is 6.45. The molecule has 2 aromatic carbocycles. The van der Waals surface area contributed by atoms with E-state index in [0.717, 1.165) is 12.1 Å². The second-order valence-corrected chi connectivity index (χ2v) is 8.97. The molecule has 1 atom stereocenters. The third-order valence-corrected chi connectivity index (χ3v) is 5.59. The summed E-state index contributed by atoms with van der Waals surface area (Å²) < 4.78 is 30.2. The van der Waals surface area contributed by atoms with Gasteiger partial charge in [0.15, 0.2) is 0 Å². The Morgan fingerprint density at radius 2 is 1.78 bits per heavy atom. The zero-order valence-corrected chi connectivity index (χ0v) is 20.9. The molecule has 1 aromatic heterocycles. The number of carbonyl (C=O) groups excluding carboxylic acids is 3. The van der Waals surface area contributed by atoms with Gasteiger partial charge in [0.25, 0.3) is 11.8 Å². The van der Waals surface area contributed by atoms with E-state index in [-0.39, 0.29) is 34.6 Å². The van der Waals surface area contributed by atoms with E-state index in [9.17, 15) is 23.2 Å². The first-order valence-electron chi connectivity index (χ1n) is 11.1. The molecule has 190 valence electrons. The molecule has 0 fully saturated rings. The zero-order chi connectivity index (χ0) is 26.6. The Morgan fingerprint density at radius 1 is 1.06 bits per heavy atom. The predicted octanol–water partition coefficient (Wildman–Crippen LogP) is 4.33. The number of carbonyl (C=O) groups is 3. The van der Waals surface area contributed by atoms with Crippen LogP contribution in [0.4, 0.5) is 14.5 Å². The fourth-order valence-corrected chi connectivity index (χ4v) is 4.07. The number of anilines is 1. The van der Waals surface area contributed by atoms with Crippen LogP contribution in [0.15, 0.2) is 42.6 Å². The van der Waals surface area contributed by atoms with Crippen LogP contribution in [0.2, 0.25) is 5.02 Å². The Labute approximate surface area is 212 Å². The lowest BCUT2D eigenvalue weighted by atomic mass is 10.0. The minimum Gasteiger partial charge on any atom is -0.350 e. The molecule has 0 saturated carbocycles. The SMILES string of the molecule is CC(=O)Nc1ccc(C(=O)NCC(NC(=O)c2cnn(C)c2C(C)C)c2cc(F)cc(Cl)c2)c(F)c1. The van der Waals surface area contributed by atoms with Crippen molar-refractivity contribution in [3.8, 4) is 0 Å². The Balaban J connectivity index is 1.84. The largest absolute Gasteiger partial charge is 0.350 e. The average Bonchev–Trinajstić information content (AvgIpc) is 3.17. The second-order valence-electron chi connectivity index (χ2n) is 8.54. The summed E-state index contributed by atoms with van der Waals surface area (Å²) in [7, 11) is 1.72. The number of aryl methyl sites for hydroxylation is 1. The lowest BCUT2D eigenvalue weighted by Crippen LogP contribution is -2.38. The predicted molar refractivity (Wildman–Crippen MR) is 132 cm³/mol. The molecule has 0 radical (unpaired) electrons. The Hall–Kier alpha value is -3.79. The highest BCUT2D eigenvalue weighted by Crippen LogP contribution is 2.23. The minimum atomic E-state index is -0.892. The molecule has 3 N–H and O–H groups in total. The van der Waals surface area contributed by atoms with Crippen LogP contribution >= 0.6 is 11.6 Å². The van der Waals surface area contributed by atoms with Gasteiger partial charge in [0.1, 0.15) is 11.6 Å². The van der Waals surface area contributed by atoms with Crippen molar-refractivity contribution in [1.29, 1.82) is 0 Å². The van der Waals surface area contributed by atoms with Gasteiger partial charge in [0.05, 0.1) is 29.1 Å². The van der Waals surface area contributed by atoms with E-state index in [1.165, 1.54) is 37.4 Å². The summed E-state index contributed by atoms with van der Waals surface area (Å²) in [6.45, 7) is 4.93. The second kappa shape index (κ2) is 11.3. The molecule has 0 aliphatic rings. The fraction of sp³-hybridized carbons (Fsp3) is 0.280. The smallest absolute Gasteiger partial charge is 0.255 e. The normalized spacial score (nSPS) is 11.8. The van der Waals surface area contributed by atoms with Crippen LogP contribution in [0.5, 0.6) is 0 Å². The van der Waals surface area contributed by atoms with Gasteiger partial charge in [-0.3, -0.25) is 19.1 Å². The van der Waals surface area contributed by atoms with Gasteiger partial charge in [-0.25, -0.2) is 8.78 Å². The maximum atomic E-state index is 14.5. The first-order chi connectivity index (χ1) is 17.0. The zero-order valence-electron chi connectivity index (χ0n) is 20.2. The first-order valence-corrected chi connectivity index (χ1v) is 11.5. The number of halogens is 3. The fourth-order valence-electron chi connectivity index (χ4n) is 3.84. The molecule has 0 aliphatic carbocycles. The van der Waals surface area contributed by atoms with E-state index < -0.39 is 29.5 Å². The molecule has 3 rings (SSSR count). The molecule has 0 aliphatic heterocycles. The summed E-state index contributed by atoms with van der Waals surface area (Å²) >= 11 is 6.02. The highest BCUT2D eigenvalue weighted by Gasteiger charge is 2.24. The minimum absolute atomic E-state index is 0.00320. The van der Waals surface area contributed by atoms with Gasteiger partial charge in [0.2, 0.25) is 5.91 Å². The van der Waals surface area contributed by atoms with Gasteiger partial charge in [-0.05, 0) is 47.9 Å². The van der Waals surface area contributed by atoms with Crippen LogP contribution in [0.25, 0.3) is 0 Å².